The van der Waals surface area contributed by atoms with Crippen molar-refractivity contribution in [3.05, 3.63) is 34.9 Å². The summed E-state index contributed by atoms with van der Waals surface area (Å²) in [7, 11) is 1.32. The van der Waals surface area contributed by atoms with Crippen molar-refractivity contribution in [1.82, 2.24) is 15.1 Å². The quantitative estimate of drug-likeness (QED) is 0.602. The Morgan fingerprint density at radius 2 is 1.78 bits per heavy atom. The Bertz CT molecular complexity index is 1010. The van der Waals surface area contributed by atoms with Gasteiger partial charge in [0.15, 0.2) is 12.4 Å². The van der Waals surface area contributed by atoms with Crippen molar-refractivity contribution in [2.75, 3.05) is 39.8 Å². The second-order valence-electron chi connectivity index (χ2n) is 10.4. The molecule has 2 saturated heterocycles. The fraction of sp³-hybridized carbons (Fsp3) is 0.640. The van der Waals surface area contributed by atoms with Crippen LogP contribution in [0.4, 0.5) is 18.0 Å². The molecular weight excluding hydrogens is 499 g/mol. The van der Waals surface area contributed by atoms with Gasteiger partial charge in [-0.2, -0.15) is 13.2 Å². The van der Waals surface area contributed by atoms with Gasteiger partial charge in [-0.25, -0.2) is 4.79 Å². The normalized spacial score (nSPS) is 25.9. The predicted octanol–water partition coefficient (Wildman–Crippen LogP) is 4.00. The van der Waals surface area contributed by atoms with E-state index in [4.69, 9.17) is 11.6 Å². The average Bonchev–Trinajstić information content (AvgIpc) is 3.45. The molecule has 1 saturated carbocycles. The van der Waals surface area contributed by atoms with Crippen molar-refractivity contribution < 1.29 is 32.3 Å². The van der Waals surface area contributed by atoms with Crippen LogP contribution < -0.4 is 5.32 Å². The monoisotopic (exact) mass is 529 g/mol. The third-order valence-electron chi connectivity index (χ3n) is 7.92. The second-order valence-corrected chi connectivity index (χ2v) is 10.8. The molecule has 3 aliphatic rings. The Hall–Kier alpha value is -2.33. The number of carbonyl (C=O) groups is 3. The predicted molar refractivity (Wildman–Crippen MR) is 127 cm³/mol. The van der Waals surface area contributed by atoms with Gasteiger partial charge in [-0.3, -0.25) is 14.5 Å². The van der Waals surface area contributed by atoms with Gasteiger partial charge in [0.2, 0.25) is 5.91 Å². The van der Waals surface area contributed by atoms with Crippen LogP contribution in [0.25, 0.3) is 0 Å². The maximum Gasteiger partial charge on any atom is 0.422 e. The van der Waals surface area contributed by atoms with Gasteiger partial charge < -0.3 is 15.0 Å². The molecule has 0 unspecified atom stereocenters. The number of carbonyl (C=O) groups excluding carboxylic acids is 3. The zero-order chi connectivity index (χ0) is 26.3. The summed E-state index contributed by atoms with van der Waals surface area (Å²) in [5.74, 6) is -1.09. The first-order chi connectivity index (χ1) is 16.9. The van der Waals surface area contributed by atoms with Gasteiger partial charge >= 0.3 is 12.3 Å². The van der Waals surface area contributed by atoms with Crippen LogP contribution in [0.2, 0.25) is 5.02 Å². The molecule has 2 atom stereocenters. The molecule has 0 spiro atoms. The first-order valence-corrected chi connectivity index (χ1v) is 12.5. The lowest BCUT2D eigenvalue weighted by Gasteiger charge is -2.44. The van der Waals surface area contributed by atoms with E-state index in [1.807, 2.05) is 6.92 Å². The molecule has 1 aliphatic carbocycles. The van der Waals surface area contributed by atoms with E-state index in [0.29, 0.717) is 37.5 Å². The van der Waals surface area contributed by atoms with Crippen molar-refractivity contribution in [2.24, 2.45) is 11.3 Å². The number of benzene rings is 1. The number of Topliss-reactive ketones (excluding diaryl/α,β-unsaturated/α-hetero) is 1. The minimum absolute atomic E-state index is 0.0773. The highest BCUT2D eigenvalue weighted by Crippen LogP contribution is 2.47. The van der Waals surface area contributed by atoms with Crippen molar-refractivity contribution in [3.63, 3.8) is 0 Å². The highest BCUT2D eigenvalue weighted by atomic mass is 35.5. The molecule has 0 bridgehead atoms. The molecule has 2 amide bonds. The molecule has 36 heavy (non-hydrogen) atoms. The summed E-state index contributed by atoms with van der Waals surface area (Å²) in [6.45, 7) is 1.50. The van der Waals surface area contributed by atoms with Crippen LogP contribution >= 0.6 is 11.6 Å². The number of ether oxygens (including phenoxy) is 1. The molecule has 2 aliphatic heterocycles. The van der Waals surface area contributed by atoms with Crippen molar-refractivity contribution in [2.45, 2.75) is 50.2 Å². The number of likely N-dealkylation sites (N-methyl/N-ethyl adjacent to an activating group) is 1. The third-order valence-corrected chi connectivity index (χ3v) is 8.17. The molecule has 0 radical (unpaired) electrons. The molecule has 1 aromatic rings. The smallest absolute Gasteiger partial charge is 0.422 e. The number of alkyl halides is 3. The van der Waals surface area contributed by atoms with E-state index in [1.165, 1.54) is 7.05 Å². The van der Waals surface area contributed by atoms with Crippen LogP contribution in [0.1, 0.15) is 44.1 Å². The number of likely N-dealkylation sites (tertiary alicyclic amines) is 1. The summed E-state index contributed by atoms with van der Waals surface area (Å²) in [5, 5.41) is 3.67. The Kier molecular flexibility index (Phi) is 7.31. The van der Waals surface area contributed by atoms with Gasteiger partial charge in [0, 0.05) is 55.5 Å². The Morgan fingerprint density at radius 1 is 1.17 bits per heavy atom. The van der Waals surface area contributed by atoms with E-state index in [9.17, 15) is 27.6 Å². The lowest BCUT2D eigenvalue weighted by Crippen LogP contribution is -2.62. The number of amides is 2. The van der Waals surface area contributed by atoms with Crippen molar-refractivity contribution >= 4 is 29.4 Å². The van der Waals surface area contributed by atoms with Gasteiger partial charge in [0.1, 0.15) is 5.54 Å². The first kappa shape index (κ1) is 26.7. The van der Waals surface area contributed by atoms with Gasteiger partial charge in [-0.1, -0.05) is 30.7 Å². The molecule has 1 aromatic carbocycles. The topological polar surface area (TPSA) is 79.0 Å². The van der Waals surface area contributed by atoms with E-state index in [1.54, 1.807) is 29.2 Å². The molecule has 3 fully saturated rings. The Labute approximate surface area is 213 Å². The maximum atomic E-state index is 14.2. The highest BCUT2D eigenvalue weighted by Gasteiger charge is 2.57. The number of piperidine rings is 1. The SMILES string of the molecule is CN(C(=O)OCC(F)(F)F)[C@]1(C(=O)C2CCN(C(=O)C3(C)CC3)CC2)CNC[C@H]1c1ccc(Cl)cc1. The number of ketones is 1. The summed E-state index contributed by atoms with van der Waals surface area (Å²) in [6.07, 6.45) is -3.30. The minimum atomic E-state index is -4.69. The van der Waals surface area contributed by atoms with E-state index in [2.05, 4.69) is 10.1 Å². The van der Waals surface area contributed by atoms with Crippen LogP contribution in [0.5, 0.6) is 0 Å². The summed E-state index contributed by atoms with van der Waals surface area (Å²) in [5.41, 5.74) is -1.01. The van der Waals surface area contributed by atoms with Gasteiger partial charge in [0.25, 0.3) is 0 Å². The number of rotatable bonds is 6. The highest BCUT2D eigenvalue weighted by molar-refractivity contribution is 6.30. The minimum Gasteiger partial charge on any atom is -0.440 e. The lowest BCUT2D eigenvalue weighted by atomic mass is 9.72. The summed E-state index contributed by atoms with van der Waals surface area (Å²) in [4.78, 5) is 42.6. The van der Waals surface area contributed by atoms with Crippen LogP contribution in [0, 0.1) is 11.3 Å². The largest absolute Gasteiger partial charge is 0.440 e. The number of hydrogen-bond acceptors (Lipinski definition) is 5. The van der Waals surface area contributed by atoms with Gasteiger partial charge in [-0.15, -0.1) is 0 Å². The summed E-state index contributed by atoms with van der Waals surface area (Å²) < 4.78 is 42.8. The van der Waals surface area contributed by atoms with Gasteiger partial charge in [-0.05, 0) is 43.4 Å². The van der Waals surface area contributed by atoms with Crippen LogP contribution in [0.3, 0.4) is 0 Å². The van der Waals surface area contributed by atoms with Crippen molar-refractivity contribution in [1.29, 1.82) is 0 Å². The molecule has 4 rings (SSSR count). The first-order valence-electron chi connectivity index (χ1n) is 12.1. The fourth-order valence-electron chi connectivity index (χ4n) is 5.45. The Balaban J connectivity index is 1.59. The maximum absolute atomic E-state index is 14.2. The molecular formula is C25H31ClF3N3O4. The zero-order valence-corrected chi connectivity index (χ0v) is 21.1. The molecule has 2 heterocycles. The van der Waals surface area contributed by atoms with E-state index < -0.39 is 36.3 Å². The molecule has 0 aromatic heterocycles. The van der Waals surface area contributed by atoms with E-state index >= 15 is 0 Å². The lowest BCUT2D eigenvalue weighted by molar-refractivity contribution is -0.164. The number of halogens is 4. The number of nitrogens with zero attached hydrogens (tertiary/aromatic N) is 2. The molecule has 198 valence electrons. The van der Waals surface area contributed by atoms with Crippen LogP contribution in [0.15, 0.2) is 24.3 Å². The zero-order valence-electron chi connectivity index (χ0n) is 20.4. The summed E-state index contributed by atoms with van der Waals surface area (Å²) >= 11 is 6.04. The van der Waals surface area contributed by atoms with Crippen molar-refractivity contribution in [3.8, 4) is 0 Å². The Morgan fingerprint density at radius 3 is 2.33 bits per heavy atom. The molecule has 11 heteroatoms. The van der Waals surface area contributed by atoms with Gasteiger partial charge in [0.05, 0.1) is 0 Å². The summed E-state index contributed by atoms with van der Waals surface area (Å²) in [6, 6.07) is 6.87. The number of hydrogen-bond donors (Lipinski definition) is 1. The van der Waals surface area contributed by atoms with Crippen LogP contribution in [-0.4, -0.2) is 79.1 Å². The second kappa shape index (κ2) is 9.85. The average molecular weight is 530 g/mol. The molecule has 1 N–H and O–H groups in total. The standard InChI is InChI=1S/C25H31ClF3N3O4/c1-23(9-10-23)21(34)32-11-7-17(8-12-32)20(33)24(31(2)22(35)36-15-25(27,28)29)14-30-13-19(24)16-3-5-18(26)6-4-16/h3-6,17,19,30H,7-15H2,1-2H3/t19-,24+/m0/s1. The number of nitrogens with one attached hydrogen (secondary N) is 1. The van der Waals surface area contributed by atoms with Crippen LogP contribution in [-0.2, 0) is 14.3 Å². The van der Waals surface area contributed by atoms with E-state index in [0.717, 1.165) is 23.3 Å². The van der Waals surface area contributed by atoms with E-state index in [-0.39, 0.29) is 23.7 Å². The molecule has 7 nitrogen and oxygen atoms in total. The fourth-order valence-corrected chi connectivity index (χ4v) is 5.57. The third kappa shape index (κ3) is 5.20.